The van der Waals surface area contributed by atoms with Crippen LogP contribution in [-0.4, -0.2) is 18.4 Å². The summed E-state index contributed by atoms with van der Waals surface area (Å²) >= 11 is 6.01. The van der Waals surface area contributed by atoms with Crippen molar-refractivity contribution >= 4 is 34.8 Å². The molecule has 3 aromatic carbocycles. The summed E-state index contributed by atoms with van der Waals surface area (Å²) in [6, 6.07) is 25.4. The van der Waals surface area contributed by atoms with Gasteiger partial charge >= 0.3 is 0 Å². The normalized spacial score (nSPS) is 14.1. The lowest BCUT2D eigenvalue weighted by molar-refractivity contribution is -0.120. The Morgan fingerprint density at radius 2 is 1.52 bits per heavy atom. The second-order valence-corrected chi connectivity index (χ2v) is 9.83. The van der Waals surface area contributed by atoms with E-state index in [1.807, 2.05) is 78.9 Å². The summed E-state index contributed by atoms with van der Waals surface area (Å²) in [5.41, 5.74) is 3.56. The monoisotopic (exact) mass is 460 g/mol. The maximum atomic E-state index is 13.5. The van der Waals surface area contributed by atoms with Crippen LogP contribution >= 0.6 is 11.6 Å². The number of nitrogens with zero attached hydrogens (tertiary/aromatic N) is 2. The maximum absolute atomic E-state index is 13.5. The molecule has 170 valence electrons. The highest BCUT2D eigenvalue weighted by molar-refractivity contribution is 6.30. The Morgan fingerprint density at radius 1 is 0.879 bits per heavy atom. The van der Waals surface area contributed by atoms with Crippen LogP contribution in [0.1, 0.15) is 37.8 Å². The predicted octanol–water partition coefficient (Wildman–Crippen LogP) is 6.27. The lowest BCUT2D eigenvalue weighted by atomic mass is 9.82. The number of para-hydroxylation sites is 2. The van der Waals surface area contributed by atoms with Crippen molar-refractivity contribution in [2.24, 2.45) is 5.41 Å². The minimum atomic E-state index is -0.236. The lowest BCUT2D eigenvalue weighted by Gasteiger charge is -2.30. The highest BCUT2D eigenvalue weighted by Crippen LogP contribution is 2.36. The zero-order valence-electron chi connectivity index (χ0n) is 19.1. The van der Waals surface area contributed by atoms with Crippen molar-refractivity contribution in [2.75, 3.05) is 16.3 Å². The SMILES string of the molecule is CC(C)(CC(=O)N1CCC(=O)N(Cc2ccccc2)c2ccccc21)Cc1ccc(Cl)cc1. The summed E-state index contributed by atoms with van der Waals surface area (Å²) in [5, 5.41) is 0.707. The van der Waals surface area contributed by atoms with Crippen LogP contribution < -0.4 is 9.80 Å². The second-order valence-electron chi connectivity index (χ2n) is 9.39. The van der Waals surface area contributed by atoms with Gasteiger partial charge in [0.1, 0.15) is 0 Å². The summed E-state index contributed by atoms with van der Waals surface area (Å²) < 4.78 is 0. The molecule has 0 atom stereocenters. The summed E-state index contributed by atoms with van der Waals surface area (Å²) in [4.78, 5) is 30.2. The van der Waals surface area contributed by atoms with Crippen LogP contribution in [-0.2, 0) is 22.6 Å². The molecular formula is C28H29ClN2O2. The molecule has 0 bridgehead atoms. The van der Waals surface area contributed by atoms with Crippen molar-refractivity contribution in [1.82, 2.24) is 0 Å². The molecule has 0 aromatic heterocycles. The first-order valence-electron chi connectivity index (χ1n) is 11.3. The van der Waals surface area contributed by atoms with Crippen molar-refractivity contribution in [3.05, 3.63) is 95.0 Å². The number of fused-ring (bicyclic) bond motifs is 1. The van der Waals surface area contributed by atoms with E-state index in [2.05, 4.69) is 13.8 Å². The van der Waals surface area contributed by atoms with E-state index in [0.717, 1.165) is 28.9 Å². The quantitative estimate of drug-likeness (QED) is 0.435. The van der Waals surface area contributed by atoms with Crippen LogP contribution in [0.2, 0.25) is 5.02 Å². The van der Waals surface area contributed by atoms with E-state index < -0.39 is 0 Å². The number of hydrogen-bond donors (Lipinski definition) is 0. The van der Waals surface area contributed by atoms with E-state index in [9.17, 15) is 9.59 Å². The average molecular weight is 461 g/mol. The fraction of sp³-hybridized carbons (Fsp3) is 0.286. The van der Waals surface area contributed by atoms with Crippen molar-refractivity contribution in [1.29, 1.82) is 0 Å². The molecular weight excluding hydrogens is 432 g/mol. The topological polar surface area (TPSA) is 40.6 Å². The molecule has 1 heterocycles. The molecule has 4 nitrogen and oxygen atoms in total. The van der Waals surface area contributed by atoms with E-state index in [4.69, 9.17) is 11.6 Å². The van der Waals surface area contributed by atoms with E-state index in [1.54, 1.807) is 9.80 Å². The van der Waals surface area contributed by atoms with Gasteiger partial charge in [-0.2, -0.15) is 0 Å². The van der Waals surface area contributed by atoms with E-state index >= 15 is 0 Å². The standard InChI is InChI=1S/C28H29ClN2O2/c1-28(2,18-21-12-14-23(29)15-13-21)19-27(33)30-17-16-26(32)31(20-22-8-4-3-5-9-22)25-11-7-6-10-24(25)30/h3-15H,16-20H2,1-2H3. The Hall–Kier alpha value is -3.11. The smallest absolute Gasteiger partial charge is 0.229 e. The van der Waals surface area contributed by atoms with Crippen LogP contribution in [0.5, 0.6) is 0 Å². The zero-order valence-corrected chi connectivity index (χ0v) is 19.9. The fourth-order valence-corrected chi connectivity index (χ4v) is 4.56. The molecule has 0 N–H and O–H groups in total. The number of amides is 2. The number of hydrogen-bond acceptors (Lipinski definition) is 2. The van der Waals surface area contributed by atoms with Crippen molar-refractivity contribution < 1.29 is 9.59 Å². The Balaban J connectivity index is 1.56. The molecule has 1 aliphatic rings. The highest BCUT2D eigenvalue weighted by atomic mass is 35.5. The van der Waals surface area contributed by atoms with Gasteiger partial charge in [0.05, 0.1) is 17.9 Å². The Labute approximate surface area is 200 Å². The van der Waals surface area contributed by atoms with Gasteiger partial charge in [-0.15, -0.1) is 0 Å². The zero-order chi connectivity index (χ0) is 23.4. The predicted molar refractivity (Wildman–Crippen MR) is 135 cm³/mol. The van der Waals surface area contributed by atoms with Gasteiger partial charge in [-0.25, -0.2) is 0 Å². The number of carbonyl (C=O) groups excluding carboxylic acids is 2. The third kappa shape index (κ3) is 5.63. The van der Waals surface area contributed by atoms with Gasteiger partial charge < -0.3 is 9.80 Å². The van der Waals surface area contributed by atoms with Gasteiger partial charge in [0.2, 0.25) is 11.8 Å². The first kappa shape index (κ1) is 23.1. The van der Waals surface area contributed by atoms with Gasteiger partial charge in [-0.1, -0.05) is 80.0 Å². The molecule has 2 amide bonds. The molecule has 5 heteroatoms. The summed E-state index contributed by atoms with van der Waals surface area (Å²) in [6.45, 7) is 5.09. The van der Waals surface area contributed by atoms with Gasteiger partial charge in [-0.05, 0) is 47.2 Å². The lowest BCUT2D eigenvalue weighted by Crippen LogP contribution is -2.35. The van der Waals surface area contributed by atoms with E-state index in [1.165, 1.54) is 0 Å². The molecule has 0 spiro atoms. The second kappa shape index (κ2) is 9.80. The number of benzene rings is 3. The fourth-order valence-electron chi connectivity index (χ4n) is 4.44. The Bertz CT molecular complexity index is 1130. The Morgan fingerprint density at radius 3 is 2.21 bits per heavy atom. The van der Waals surface area contributed by atoms with Gasteiger partial charge in [0.15, 0.2) is 0 Å². The van der Waals surface area contributed by atoms with Crippen LogP contribution in [0.3, 0.4) is 0 Å². The first-order valence-corrected chi connectivity index (χ1v) is 11.7. The van der Waals surface area contributed by atoms with Crippen molar-refractivity contribution in [3.8, 4) is 0 Å². The van der Waals surface area contributed by atoms with E-state index in [0.29, 0.717) is 31.0 Å². The molecule has 4 rings (SSSR count). The summed E-state index contributed by atoms with van der Waals surface area (Å²) in [6.07, 6.45) is 1.45. The van der Waals surface area contributed by atoms with Crippen LogP contribution in [0.25, 0.3) is 0 Å². The van der Waals surface area contributed by atoms with E-state index in [-0.39, 0.29) is 17.2 Å². The largest absolute Gasteiger partial charge is 0.310 e. The van der Waals surface area contributed by atoms with Gasteiger partial charge in [-0.3, -0.25) is 9.59 Å². The minimum Gasteiger partial charge on any atom is -0.310 e. The molecule has 0 saturated heterocycles. The molecule has 3 aromatic rings. The minimum absolute atomic E-state index is 0.0297. The number of halogens is 1. The summed E-state index contributed by atoms with van der Waals surface area (Å²) in [7, 11) is 0. The first-order chi connectivity index (χ1) is 15.8. The number of carbonyl (C=O) groups is 2. The highest BCUT2D eigenvalue weighted by Gasteiger charge is 2.32. The summed E-state index contributed by atoms with van der Waals surface area (Å²) in [5.74, 6) is 0.0674. The Kier molecular flexibility index (Phi) is 6.85. The molecule has 1 aliphatic heterocycles. The van der Waals surface area contributed by atoms with Crippen molar-refractivity contribution in [3.63, 3.8) is 0 Å². The molecule has 0 fully saturated rings. The van der Waals surface area contributed by atoms with Crippen LogP contribution in [0.4, 0.5) is 11.4 Å². The molecule has 0 radical (unpaired) electrons. The number of rotatable bonds is 6. The van der Waals surface area contributed by atoms with Crippen LogP contribution in [0, 0.1) is 5.41 Å². The molecule has 0 saturated carbocycles. The van der Waals surface area contributed by atoms with Gasteiger partial charge in [0.25, 0.3) is 0 Å². The molecule has 0 aliphatic carbocycles. The third-order valence-electron chi connectivity index (χ3n) is 6.02. The molecule has 33 heavy (non-hydrogen) atoms. The third-order valence-corrected chi connectivity index (χ3v) is 6.28. The van der Waals surface area contributed by atoms with Gasteiger partial charge in [0, 0.05) is 24.4 Å². The maximum Gasteiger partial charge on any atom is 0.229 e. The van der Waals surface area contributed by atoms with Crippen molar-refractivity contribution in [2.45, 2.75) is 39.7 Å². The number of anilines is 2. The molecule has 0 unspecified atom stereocenters. The van der Waals surface area contributed by atoms with Crippen LogP contribution in [0.15, 0.2) is 78.9 Å². The average Bonchev–Trinajstić information content (AvgIpc) is 2.92.